The van der Waals surface area contributed by atoms with Crippen LogP contribution in [0.3, 0.4) is 0 Å². The molecule has 3 aliphatic rings. The molecule has 2 aliphatic heterocycles. The van der Waals surface area contributed by atoms with Gasteiger partial charge in [0.1, 0.15) is 11.4 Å². The molecule has 2 atom stereocenters. The zero-order valence-electron chi connectivity index (χ0n) is 22.5. The number of anilines is 1. The van der Waals surface area contributed by atoms with E-state index in [9.17, 15) is 9.59 Å². The van der Waals surface area contributed by atoms with Crippen molar-refractivity contribution in [1.82, 2.24) is 15.4 Å². The molecule has 0 aromatic carbocycles. The average Bonchev–Trinajstić information content (AvgIpc) is 3.37. The van der Waals surface area contributed by atoms with Crippen molar-refractivity contribution < 1.29 is 23.9 Å². The molecule has 0 bridgehead atoms. The third kappa shape index (κ3) is 8.25. The van der Waals surface area contributed by atoms with Crippen LogP contribution in [-0.2, 0) is 19.1 Å². The standard InChI is InChI=1S/C28H42N4O5/c1-28(2,3)36-27(34)32(23-16-17-31(20-23)22-9-5-4-6-10-22)24-14-12-21(19-29-24)13-15-25(33)30-37-26-11-7-8-18-35-26/h12-15,19,22-23,26H,4-11,16-18,20H2,1-3H3,(H,30,33)/t23-,26?/m1/s1. The fourth-order valence-electron chi connectivity index (χ4n) is 5.27. The molecule has 2 amide bonds. The molecule has 4 rings (SSSR count). The van der Waals surface area contributed by atoms with Crippen molar-refractivity contribution in [1.29, 1.82) is 0 Å². The van der Waals surface area contributed by atoms with Gasteiger partial charge in [0, 0.05) is 44.4 Å². The Balaban J connectivity index is 1.39. The number of carbonyl (C=O) groups excluding carboxylic acids is 2. The Kier molecular flexibility index (Phi) is 9.56. The van der Waals surface area contributed by atoms with Crippen LogP contribution in [0.25, 0.3) is 6.08 Å². The molecule has 37 heavy (non-hydrogen) atoms. The topological polar surface area (TPSA) is 93.2 Å². The molecule has 1 aromatic heterocycles. The largest absolute Gasteiger partial charge is 0.443 e. The van der Waals surface area contributed by atoms with Gasteiger partial charge in [0.15, 0.2) is 6.29 Å². The maximum atomic E-state index is 13.3. The van der Waals surface area contributed by atoms with Crippen molar-refractivity contribution in [3.8, 4) is 0 Å². The number of ether oxygens (including phenoxy) is 2. The van der Waals surface area contributed by atoms with Crippen molar-refractivity contribution in [3.63, 3.8) is 0 Å². The van der Waals surface area contributed by atoms with Gasteiger partial charge in [-0.15, -0.1) is 0 Å². The Morgan fingerprint density at radius 1 is 1.11 bits per heavy atom. The molecule has 1 aromatic rings. The number of hydroxylamine groups is 1. The van der Waals surface area contributed by atoms with Crippen molar-refractivity contribution in [2.45, 2.75) is 103 Å². The van der Waals surface area contributed by atoms with Crippen LogP contribution in [-0.4, -0.2) is 65.6 Å². The molecule has 1 unspecified atom stereocenters. The van der Waals surface area contributed by atoms with Crippen molar-refractivity contribution >= 4 is 23.9 Å². The van der Waals surface area contributed by atoms with E-state index in [-0.39, 0.29) is 18.0 Å². The first-order valence-electron chi connectivity index (χ1n) is 13.8. The molecule has 204 valence electrons. The van der Waals surface area contributed by atoms with Gasteiger partial charge in [0.25, 0.3) is 5.91 Å². The van der Waals surface area contributed by atoms with E-state index in [4.69, 9.17) is 14.3 Å². The van der Waals surface area contributed by atoms with E-state index in [1.54, 1.807) is 17.2 Å². The zero-order chi connectivity index (χ0) is 26.3. The van der Waals surface area contributed by atoms with Gasteiger partial charge in [-0.3, -0.25) is 14.6 Å². The molecule has 0 spiro atoms. The SMILES string of the molecule is CC(C)(C)OC(=O)N(c1ccc(C=CC(=O)NOC2CCCCO2)cn1)[C@@H]1CCN(C2CCCCC2)C1. The quantitative estimate of drug-likeness (QED) is 0.412. The number of likely N-dealkylation sites (tertiary alicyclic amines) is 1. The van der Waals surface area contributed by atoms with Crippen molar-refractivity contribution in [3.05, 3.63) is 30.0 Å². The summed E-state index contributed by atoms with van der Waals surface area (Å²) in [5.41, 5.74) is 2.56. The van der Waals surface area contributed by atoms with E-state index >= 15 is 0 Å². The molecule has 1 aliphatic carbocycles. The predicted molar refractivity (Wildman–Crippen MR) is 142 cm³/mol. The summed E-state index contributed by atoms with van der Waals surface area (Å²) in [5.74, 6) is 0.187. The maximum Gasteiger partial charge on any atom is 0.416 e. The average molecular weight is 515 g/mol. The molecular formula is C28H42N4O5. The number of nitrogens with zero attached hydrogens (tertiary/aromatic N) is 3. The minimum Gasteiger partial charge on any atom is -0.443 e. The van der Waals surface area contributed by atoms with E-state index in [2.05, 4.69) is 15.4 Å². The lowest BCUT2D eigenvalue weighted by atomic mass is 9.94. The number of pyridine rings is 1. The summed E-state index contributed by atoms with van der Waals surface area (Å²) in [6, 6.07) is 4.29. The summed E-state index contributed by atoms with van der Waals surface area (Å²) in [6.07, 6.45) is 14.0. The Morgan fingerprint density at radius 2 is 1.89 bits per heavy atom. The maximum absolute atomic E-state index is 13.3. The Hall–Kier alpha value is -2.49. The van der Waals surface area contributed by atoms with Gasteiger partial charge in [-0.25, -0.2) is 20.1 Å². The van der Waals surface area contributed by atoms with Gasteiger partial charge < -0.3 is 9.47 Å². The van der Waals surface area contributed by atoms with E-state index in [0.717, 1.165) is 44.3 Å². The molecule has 9 nitrogen and oxygen atoms in total. The lowest BCUT2D eigenvalue weighted by Crippen LogP contribution is -2.46. The van der Waals surface area contributed by atoms with E-state index in [0.29, 0.717) is 18.5 Å². The fourth-order valence-corrected chi connectivity index (χ4v) is 5.27. The first kappa shape index (κ1) is 27.5. The Bertz CT molecular complexity index is 917. The Labute approximate surface area is 220 Å². The van der Waals surface area contributed by atoms with Gasteiger partial charge in [-0.1, -0.05) is 19.3 Å². The number of carbonyl (C=O) groups is 2. The minimum absolute atomic E-state index is 0.00982. The molecule has 2 saturated heterocycles. The van der Waals surface area contributed by atoms with Crippen LogP contribution >= 0.6 is 0 Å². The third-order valence-corrected chi connectivity index (χ3v) is 7.11. The van der Waals surface area contributed by atoms with E-state index in [1.807, 2.05) is 32.9 Å². The molecule has 1 saturated carbocycles. The first-order valence-corrected chi connectivity index (χ1v) is 13.8. The number of aromatic nitrogens is 1. The lowest BCUT2D eigenvalue weighted by molar-refractivity contribution is -0.198. The van der Waals surface area contributed by atoms with E-state index < -0.39 is 11.9 Å². The van der Waals surface area contributed by atoms with E-state index in [1.165, 1.54) is 38.2 Å². The molecule has 3 fully saturated rings. The van der Waals surface area contributed by atoms with Gasteiger partial charge in [0.2, 0.25) is 0 Å². The minimum atomic E-state index is -0.599. The zero-order valence-corrected chi connectivity index (χ0v) is 22.5. The fraction of sp³-hybridized carbons (Fsp3) is 0.679. The normalized spacial score (nSPS) is 23.8. The van der Waals surface area contributed by atoms with Crippen LogP contribution in [0.5, 0.6) is 0 Å². The smallest absolute Gasteiger partial charge is 0.416 e. The predicted octanol–water partition coefficient (Wildman–Crippen LogP) is 4.82. The van der Waals surface area contributed by atoms with Crippen LogP contribution in [0.1, 0.15) is 84.1 Å². The highest BCUT2D eigenvalue weighted by molar-refractivity contribution is 5.91. The molecule has 0 radical (unpaired) electrons. The molecule has 9 heteroatoms. The first-order chi connectivity index (χ1) is 17.8. The van der Waals surface area contributed by atoms with Crippen molar-refractivity contribution in [2.24, 2.45) is 0 Å². The summed E-state index contributed by atoms with van der Waals surface area (Å²) >= 11 is 0. The lowest BCUT2D eigenvalue weighted by Gasteiger charge is -2.33. The van der Waals surface area contributed by atoms with Crippen LogP contribution in [0.15, 0.2) is 24.4 Å². The van der Waals surface area contributed by atoms with Gasteiger partial charge in [0.05, 0.1) is 6.04 Å². The molecule has 1 N–H and O–H groups in total. The highest BCUT2D eigenvalue weighted by Gasteiger charge is 2.37. The summed E-state index contributed by atoms with van der Waals surface area (Å²) in [7, 11) is 0. The second kappa shape index (κ2) is 12.8. The van der Waals surface area contributed by atoms with Gasteiger partial charge in [-0.05, 0) is 76.6 Å². The third-order valence-electron chi connectivity index (χ3n) is 7.11. The number of hydrogen-bond acceptors (Lipinski definition) is 7. The summed E-state index contributed by atoms with van der Waals surface area (Å²) in [6.45, 7) is 8.10. The number of amides is 2. The highest BCUT2D eigenvalue weighted by Crippen LogP contribution is 2.30. The number of nitrogens with one attached hydrogen (secondary N) is 1. The van der Waals surface area contributed by atoms with Crippen LogP contribution in [0.4, 0.5) is 10.6 Å². The summed E-state index contributed by atoms with van der Waals surface area (Å²) in [5, 5.41) is 0. The van der Waals surface area contributed by atoms with Crippen LogP contribution in [0, 0.1) is 0 Å². The second-order valence-corrected chi connectivity index (χ2v) is 11.2. The van der Waals surface area contributed by atoms with Gasteiger partial charge in [-0.2, -0.15) is 0 Å². The summed E-state index contributed by atoms with van der Waals surface area (Å²) in [4.78, 5) is 39.5. The highest BCUT2D eigenvalue weighted by atomic mass is 16.8. The summed E-state index contributed by atoms with van der Waals surface area (Å²) < 4.78 is 11.2. The van der Waals surface area contributed by atoms with Gasteiger partial charge >= 0.3 is 6.09 Å². The van der Waals surface area contributed by atoms with Crippen LogP contribution < -0.4 is 10.4 Å². The number of hydrogen-bond donors (Lipinski definition) is 1. The molecular weight excluding hydrogens is 472 g/mol. The van der Waals surface area contributed by atoms with Crippen molar-refractivity contribution in [2.75, 3.05) is 24.6 Å². The Morgan fingerprint density at radius 3 is 2.57 bits per heavy atom. The second-order valence-electron chi connectivity index (χ2n) is 11.2. The molecule has 3 heterocycles. The monoisotopic (exact) mass is 514 g/mol. The van der Waals surface area contributed by atoms with Crippen LogP contribution in [0.2, 0.25) is 0 Å². The number of rotatable bonds is 7.